The van der Waals surface area contributed by atoms with E-state index < -0.39 is 0 Å². The smallest absolute Gasteiger partial charge is 0.203 e. The second kappa shape index (κ2) is 13.6. The van der Waals surface area contributed by atoms with Crippen molar-refractivity contribution in [1.29, 1.82) is 0 Å². The Hall–Kier alpha value is -4.16. The fourth-order valence-electron chi connectivity index (χ4n) is 5.08. The average Bonchev–Trinajstić information content (AvgIpc) is 3.07. The van der Waals surface area contributed by atoms with E-state index in [1.54, 1.807) is 0 Å². The number of rotatable bonds is 9. The van der Waals surface area contributed by atoms with E-state index in [1.807, 2.05) is 47.8 Å². The molecule has 214 valence electrons. The number of fused-ring (bicyclic) bond motifs is 3. The Bertz CT molecular complexity index is 1990. The van der Waals surface area contributed by atoms with Gasteiger partial charge < -0.3 is 4.74 Å². The summed E-state index contributed by atoms with van der Waals surface area (Å²) < 4.78 is 11.7. The average molecular weight is 624 g/mol. The summed E-state index contributed by atoms with van der Waals surface area (Å²) >= 11 is 5.17. The summed E-state index contributed by atoms with van der Waals surface area (Å²) in [5.41, 5.74) is 0. The van der Waals surface area contributed by atoms with Gasteiger partial charge in [-0.05, 0) is 80.8 Å². The standard InChI is InChI=1S/C39H29NOS3/c1-2-16-35(17-3-1)44-40-38(41-34-21-18-28-10-4-7-13-31(28)24-34)27-39(42-36-22-19-29-11-5-8-14-32(29)25-36)43-37-23-20-30-12-6-9-15-33(30)26-37/h1-26,39H,27H2. The minimum absolute atomic E-state index is 0.118. The van der Waals surface area contributed by atoms with Gasteiger partial charge in [0.25, 0.3) is 0 Å². The predicted molar refractivity (Wildman–Crippen MR) is 192 cm³/mol. The molecule has 0 aliphatic heterocycles. The predicted octanol–water partition coefficient (Wildman–Crippen LogP) is 11.9. The molecule has 44 heavy (non-hydrogen) atoms. The summed E-state index contributed by atoms with van der Waals surface area (Å²) in [7, 11) is 0. The van der Waals surface area contributed by atoms with Gasteiger partial charge in [-0.2, -0.15) is 4.40 Å². The molecule has 0 saturated heterocycles. The summed E-state index contributed by atoms with van der Waals surface area (Å²) in [5.74, 6) is 1.49. The molecule has 0 radical (unpaired) electrons. The highest BCUT2D eigenvalue weighted by molar-refractivity contribution is 8.17. The largest absolute Gasteiger partial charge is 0.442 e. The Morgan fingerprint density at radius 3 is 1.52 bits per heavy atom. The number of benzene rings is 7. The van der Waals surface area contributed by atoms with Crippen LogP contribution >= 0.6 is 35.5 Å². The van der Waals surface area contributed by atoms with E-state index in [2.05, 4.69) is 133 Å². The quantitative estimate of drug-likeness (QED) is 0.0524. The second-order valence-corrected chi connectivity index (χ2v) is 14.1. The van der Waals surface area contributed by atoms with Crippen molar-refractivity contribution in [2.75, 3.05) is 0 Å². The van der Waals surface area contributed by atoms with Crippen LogP contribution in [-0.4, -0.2) is 10.5 Å². The molecule has 0 atom stereocenters. The molecule has 5 heteroatoms. The van der Waals surface area contributed by atoms with Crippen molar-refractivity contribution in [2.24, 2.45) is 4.40 Å². The topological polar surface area (TPSA) is 21.6 Å². The molecule has 0 heterocycles. The van der Waals surface area contributed by atoms with E-state index >= 15 is 0 Å². The molecular weight excluding hydrogens is 595 g/mol. The molecule has 7 rings (SSSR count). The van der Waals surface area contributed by atoms with Crippen LogP contribution in [0.4, 0.5) is 0 Å². The molecule has 0 saturated carbocycles. The van der Waals surface area contributed by atoms with Gasteiger partial charge in [-0.1, -0.05) is 109 Å². The number of hydrogen-bond donors (Lipinski definition) is 0. The van der Waals surface area contributed by atoms with Crippen LogP contribution in [0.5, 0.6) is 5.75 Å². The fraction of sp³-hybridized carbons (Fsp3) is 0.0513. The monoisotopic (exact) mass is 623 g/mol. The zero-order valence-electron chi connectivity index (χ0n) is 23.9. The highest BCUT2D eigenvalue weighted by Gasteiger charge is 2.19. The van der Waals surface area contributed by atoms with Gasteiger partial charge in [-0.25, -0.2) is 0 Å². The van der Waals surface area contributed by atoms with E-state index in [4.69, 9.17) is 9.13 Å². The highest BCUT2D eigenvalue weighted by atomic mass is 32.2. The van der Waals surface area contributed by atoms with Crippen LogP contribution in [0, 0.1) is 0 Å². The molecule has 0 aliphatic rings. The van der Waals surface area contributed by atoms with Crippen molar-refractivity contribution in [3.05, 3.63) is 158 Å². The Morgan fingerprint density at radius 2 is 0.955 bits per heavy atom. The molecule has 0 bridgehead atoms. The van der Waals surface area contributed by atoms with Gasteiger partial charge in [0, 0.05) is 33.1 Å². The third-order valence-electron chi connectivity index (χ3n) is 7.27. The third-order valence-corrected chi connectivity index (χ3v) is 10.5. The molecule has 7 aromatic rings. The summed E-state index contributed by atoms with van der Waals surface area (Å²) in [6.07, 6.45) is 0.641. The van der Waals surface area contributed by atoms with Gasteiger partial charge in [0.05, 0.1) is 4.58 Å². The van der Waals surface area contributed by atoms with Gasteiger partial charge >= 0.3 is 0 Å². The molecule has 0 aliphatic carbocycles. The first-order valence-electron chi connectivity index (χ1n) is 14.5. The first-order chi connectivity index (χ1) is 21.7. The third kappa shape index (κ3) is 7.13. The summed E-state index contributed by atoms with van der Waals surface area (Å²) in [6.45, 7) is 0. The van der Waals surface area contributed by atoms with Gasteiger partial charge in [0.15, 0.2) is 0 Å². The Morgan fingerprint density at radius 1 is 0.477 bits per heavy atom. The number of thioether (sulfide) groups is 2. The maximum absolute atomic E-state index is 6.59. The lowest BCUT2D eigenvalue weighted by atomic mass is 10.1. The number of nitrogens with zero attached hydrogens (tertiary/aromatic N) is 1. The van der Waals surface area contributed by atoms with Crippen molar-refractivity contribution in [3.8, 4) is 5.75 Å². The van der Waals surface area contributed by atoms with Crippen LogP contribution in [0.3, 0.4) is 0 Å². The molecule has 0 fully saturated rings. The number of ether oxygens (including phenoxy) is 1. The minimum Gasteiger partial charge on any atom is -0.442 e. The second-order valence-electron chi connectivity index (χ2n) is 10.4. The van der Waals surface area contributed by atoms with Crippen LogP contribution in [-0.2, 0) is 0 Å². The van der Waals surface area contributed by atoms with Gasteiger partial charge in [0.1, 0.15) is 5.75 Å². The lowest BCUT2D eigenvalue weighted by molar-refractivity contribution is 0.538. The first-order valence-corrected chi connectivity index (χ1v) is 17.0. The molecule has 0 amide bonds. The lowest BCUT2D eigenvalue weighted by Crippen LogP contribution is -2.14. The van der Waals surface area contributed by atoms with Crippen LogP contribution in [0.2, 0.25) is 0 Å². The van der Waals surface area contributed by atoms with Crippen molar-refractivity contribution < 1.29 is 4.74 Å². The van der Waals surface area contributed by atoms with Gasteiger partial charge in [-0.3, -0.25) is 0 Å². The molecule has 7 aromatic carbocycles. The minimum atomic E-state index is 0.118. The Kier molecular flexibility index (Phi) is 8.87. The zero-order chi connectivity index (χ0) is 29.6. The maximum atomic E-state index is 6.59. The van der Waals surface area contributed by atoms with Crippen LogP contribution in [0.1, 0.15) is 6.42 Å². The maximum Gasteiger partial charge on any atom is 0.203 e. The lowest BCUT2D eigenvalue weighted by Gasteiger charge is -2.19. The SMILES string of the molecule is c1ccc(SN=C(CC(Sc2ccc3ccccc3c2)Sc2ccc3ccccc3c2)Oc2ccc3ccccc3c2)cc1. The Balaban J connectivity index is 1.22. The van der Waals surface area contributed by atoms with E-state index in [0.29, 0.717) is 12.3 Å². The van der Waals surface area contributed by atoms with Crippen molar-refractivity contribution >= 4 is 73.7 Å². The molecule has 0 unspecified atom stereocenters. The van der Waals surface area contributed by atoms with Crippen molar-refractivity contribution in [1.82, 2.24) is 0 Å². The molecule has 2 nitrogen and oxygen atoms in total. The first kappa shape index (κ1) is 28.6. The highest BCUT2D eigenvalue weighted by Crippen LogP contribution is 2.40. The molecule has 0 spiro atoms. The zero-order valence-corrected chi connectivity index (χ0v) is 26.3. The van der Waals surface area contributed by atoms with Crippen LogP contribution in [0.15, 0.2) is 177 Å². The Labute approximate surface area is 270 Å². The number of hydrogen-bond acceptors (Lipinski definition) is 5. The fourth-order valence-corrected chi connectivity index (χ4v) is 8.28. The van der Waals surface area contributed by atoms with E-state index in [9.17, 15) is 0 Å². The van der Waals surface area contributed by atoms with Gasteiger partial charge in [0.2, 0.25) is 5.90 Å². The van der Waals surface area contributed by atoms with Crippen molar-refractivity contribution in [2.45, 2.75) is 25.7 Å². The van der Waals surface area contributed by atoms with E-state index in [1.165, 1.54) is 48.7 Å². The van der Waals surface area contributed by atoms with E-state index in [0.717, 1.165) is 16.0 Å². The van der Waals surface area contributed by atoms with Crippen molar-refractivity contribution in [3.63, 3.8) is 0 Å². The van der Waals surface area contributed by atoms with E-state index in [-0.39, 0.29) is 4.58 Å². The van der Waals surface area contributed by atoms with Crippen LogP contribution < -0.4 is 4.74 Å². The summed E-state index contributed by atoms with van der Waals surface area (Å²) in [6, 6.07) is 55.3. The molecule has 0 N–H and O–H groups in total. The summed E-state index contributed by atoms with van der Waals surface area (Å²) in [4.78, 5) is 3.53. The van der Waals surface area contributed by atoms with Crippen LogP contribution in [0.25, 0.3) is 32.3 Å². The summed E-state index contributed by atoms with van der Waals surface area (Å²) in [5, 5.41) is 7.32. The molecular formula is C39H29NOS3. The van der Waals surface area contributed by atoms with Gasteiger partial charge in [-0.15, -0.1) is 23.5 Å². The normalized spacial score (nSPS) is 11.9. The molecule has 0 aromatic heterocycles.